The molecule has 1 aromatic carbocycles. The molecule has 0 unspecified atom stereocenters. The number of likely N-dealkylation sites (N-methyl/N-ethyl adjacent to an activating group) is 1. The molecule has 0 fully saturated rings. The molecule has 152 valence electrons. The standard InChI is InChI=1S/C20H29N5O3/c1-5-6-11-25-18(21)17(19(27)23-20(25)28)24(4)12-16(26)22-15-10-8-7-9-14(15)13(2)3/h7-10,13H,5-6,11-12,21H2,1-4H3,(H,22,26)(H,23,27,28). The van der Waals surface area contributed by atoms with Crippen LogP contribution < -0.4 is 27.2 Å². The second kappa shape index (κ2) is 9.25. The van der Waals surface area contributed by atoms with Gasteiger partial charge >= 0.3 is 5.69 Å². The minimum absolute atomic E-state index is 0.0695. The number of carbonyl (C=O) groups excluding carboxylic acids is 1. The van der Waals surface area contributed by atoms with E-state index in [1.807, 2.05) is 31.2 Å². The number of hydrogen-bond donors (Lipinski definition) is 3. The molecule has 0 aliphatic rings. The number of nitrogens with zero attached hydrogens (tertiary/aromatic N) is 2. The first kappa shape index (κ1) is 21.3. The number of nitrogens with one attached hydrogen (secondary N) is 2. The summed E-state index contributed by atoms with van der Waals surface area (Å²) < 4.78 is 1.34. The van der Waals surface area contributed by atoms with E-state index in [1.54, 1.807) is 7.05 Å². The van der Waals surface area contributed by atoms with Gasteiger partial charge in [-0.1, -0.05) is 45.4 Å². The maximum atomic E-state index is 12.5. The van der Waals surface area contributed by atoms with Crippen LogP contribution in [0.25, 0.3) is 0 Å². The molecule has 4 N–H and O–H groups in total. The van der Waals surface area contributed by atoms with Crippen molar-refractivity contribution in [3.63, 3.8) is 0 Å². The lowest BCUT2D eigenvalue weighted by molar-refractivity contribution is -0.114. The third-order valence-corrected chi connectivity index (χ3v) is 4.57. The van der Waals surface area contributed by atoms with Crippen LogP contribution in [0, 0.1) is 0 Å². The number of carbonyl (C=O) groups is 1. The van der Waals surface area contributed by atoms with Crippen LogP contribution in [-0.4, -0.2) is 29.1 Å². The Morgan fingerprint density at radius 1 is 1.29 bits per heavy atom. The molecule has 1 amide bonds. The van der Waals surface area contributed by atoms with Gasteiger partial charge in [0.15, 0.2) is 0 Å². The van der Waals surface area contributed by atoms with Crippen LogP contribution in [0.15, 0.2) is 33.9 Å². The molecule has 0 radical (unpaired) electrons. The lowest BCUT2D eigenvalue weighted by atomic mass is 10.0. The van der Waals surface area contributed by atoms with Crippen LogP contribution in [0.2, 0.25) is 0 Å². The van der Waals surface area contributed by atoms with Crippen molar-refractivity contribution in [2.45, 2.75) is 46.1 Å². The Morgan fingerprint density at radius 3 is 2.61 bits per heavy atom. The molecule has 0 spiro atoms. The fourth-order valence-electron chi connectivity index (χ4n) is 3.08. The van der Waals surface area contributed by atoms with Gasteiger partial charge in [0.25, 0.3) is 5.56 Å². The molecule has 2 aromatic rings. The van der Waals surface area contributed by atoms with Crippen LogP contribution >= 0.6 is 0 Å². The van der Waals surface area contributed by atoms with Gasteiger partial charge in [-0.05, 0) is 24.0 Å². The van der Waals surface area contributed by atoms with E-state index < -0.39 is 11.2 Å². The molecule has 28 heavy (non-hydrogen) atoms. The van der Waals surface area contributed by atoms with Crippen LogP contribution in [-0.2, 0) is 11.3 Å². The van der Waals surface area contributed by atoms with Gasteiger partial charge < -0.3 is 16.0 Å². The van der Waals surface area contributed by atoms with Gasteiger partial charge in [-0.2, -0.15) is 0 Å². The Labute approximate surface area is 164 Å². The molecule has 8 heteroatoms. The van der Waals surface area contributed by atoms with Crippen molar-refractivity contribution >= 4 is 23.1 Å². The number of anilines is 3. The second-order valence-corrected chi connectivity index (χ2v) is 7.14. The summed E-state index contributed by atoms with van der Waals surface area (Å²) in [5, 5.41) is 2.89. The molecule has 1 aromatic heterocycles. The van der Waals surface area contributed by atoms with Gasteiger partial charge in [0, 0.05) is 19.3 Å². The van der Waals surface area contributed by atoms with Crippen LogP contribution in [0.4, 0.5) is 17.2 Å². The summed E-state index contributed by atoms with van der Waals surface area (Å²) in [7, 11) is 1.60. The monoisotopic (exact) mass is 387 g/mol. The molecule has 8 nitrogen and oxygen atoms in total. The first-order valence-corrected chi connectivity index (χ1v) is 9.48. The van der Waals surface area contributed by atoms with Crippen molar-refractivity contribution in [1.29, 1.82) is 0 Å². The number of nitrogen functional groups attached to an aromatic ring is 1. The van der Waals surface area contributed by atoms with E-state index in [2.05, 4.69) is 24.1 Å². The molecule has 0 aliphatic heterocycles. The highest BCUT2D eigenvalue weighted by molar-refractivity contribution is 5.95. The van der Waals surface area contributed by atoms with E-state index in [0.29, 0.717) is 6.54 Å². The Bertz CT molecular complexity index is 946. The highest BCUT2D eigenvalue weighted by Gasteiger charge is 2.18. The first-order chi connectivity index (χ1) is 13.3. The highest BCUT2D eigenvalue weighted by Crippen LogP contribution is 2.23. The molecular formula is C20H29N5O3. The van der Waals surface area contributed by atoms with Crippen LogP contribution in [0.1, 0.15) is 45.1 Å². The summed E-state index contributed by atoms with van der Waals surface area (Å²) in [4.78, 5) is 40.6. The number of benzene rings is 1. The number of nitrogens with two attached hydrogens (primary N) is 1. The Balaban J connectivity index is 2.23. The van der Waals surface area contributed by atoms with Crippen molar-refractivity contribution in [1.82, 2.24) is 9.55 Å². The zero-order valence-corrected chi connectivity index (χ0v) is 16.9. The van der Waals surface area contributed by atoms with E-state index in [1.165, 1.54) is 9.47 Å². The van der Waals surface area contributed by atoms with E-state index in [9.17, 15) is 14.4 Å². The quantitative estimate of drug-likeness (QED) is 0.642. The number of para-hydroxylation sites is 1. The number of hydrogen-bond acceptors (Lipinski definition) is 5. The normalized spacial score (nSPS) is 10.9. The number of aromatic nitrogens is 2. The Kier molecular flexibility index (Phi) is 7.03. The predicted octanol–water partition coefficient (Wildman–Crippen LogP) is 2.12. The largest absolute Gasteiger partial charge is 0.383 e. The third kappa shape index (κ3) is 4.82. The maximum Gasteiger partial charge on any atom is 0.330 e. The van der Waals surface area contributed by atoms with Gasteiger partial charge in [0.05, 0.1) is 6.54 Å². The van der Waals surface area contributed by atoms with Crippen molar-refractivity contribution in [3.05, 3.63) is 50.7 Å². The molecule has 2 rings (SSSR count). The van der Waals surface area contributed by atoms with Crippen molar-refractivity contribution in [2.24, 2.45) is 0 Å². The number of amides is 1. The average Bonchev–Trinajstić information content (AvgIpc) is 2.61. The van der Waals surface area contributed by atoms with Gasteiger partial charge in [0.1, 0.15) is 11.5 Å². The summed E-state index contributed by atoms with van der Waals surface area (Å²) in [5.41, 5.74) is 6.83. The molecule has 0 atom stereocenters. The van der Waals surface area contributed by atoms with E-state index in [4.69, 9.17) is 5.73 Å². The highest BCUT2D eigenvalue weighted by atomic mass is 16.2. The summed E-state index contributed by atoms with van der Waals surface area (Å²) in [6, 6.07) is 7.60. The smallest absolute Gasteiger partial charge is 0.330 e. The van der Waals surface area contributed by atoms with E-state index >= 15 is 0 Å². The number of rotatable bonds is 8. The SMILES string of the molecule is CCCCn1c(N)c(N(C)CC(=O)Nc2ccccc2C(C)C)c(=O)[nH]c1=O. The predicted molar refractivity (Wildman–Crippen MR) is 113 cm³/mol. The minimum Gasteiger partial charge on any atom is -0.383 e. The molecule has 1 heterocycles. The van der Waals surface area contributed by atoms with Crippen LogP contribution in [0.3, 0.4) is 0 Å². The summed E-state index contributed by atoms with van der Waals surface area (Å²) in [6.45, 7) is 6.44. The van der Waals surface area contributed by atoms with Gasteiger partial charge in [-0.25, -0.2) is 4.79 Å². The summed E-state index contributed by atoms with van der Waals surface area (Å²) >= 11 is 0. The zero-order valence-electron chi connectivity index (χ0n) is 16.9. The topological polar surface area (TPSA) is 113 Å². The second-order valence-electron chi connectivity index (χ2n) is 7.14. The van der Waals surface area contributed by atoms with Crippen molar-refractivity contribution in [3.8, 4) is 0 Å². The molecule has 0 bridgehead atoms. The Hall–Kier alpha value is -3.03. The molecular weight excluding hydrogens is 358 g/mol. The fourth-order valence-corrected chi connectivity index (χ4v) is 3.08. The number of unbranched alkanes of at least 4 members (excludes halogenated alkanes) is 1. The first-order valence-electron chi connectivity index (χ1n) is 9.48. The van der Waals surface area contributed by atoms with Gasteiger partial charge in [0.2, 0.25) is 5.91 Å². The van der Waals surface area contributed by atoms with Gasteiger partial charge in [-0.15, -0.1) is 0 Å². The lowest BCUT2D eigenvalue weighted by Gasteiger charge is -2.22. The average molecular weight is 387 g/mol. The molecule has 0 saturated carbocycles. The van der Waals surface area contributed by atoms with Crippen molar-refractivity contribution in [2.75, 3.05) is 29.5 Å². The number of H-pyrrole nitrogens is 1. The van der Waals surface area contributed by atoms with E-state index in [-0.39, 0.29) is 29.9 Å². The Morgan fingerprint density at radius 2 is 1.96 bits per heavy atom. The van der Waals surface area contributed by atoms with Gasteiger partial charge in [-0.3, -0.25) is 19.1 Å². The van der Waals surface area contributed by atoms with E-state index in [0.717, 1.165) is 24.1 Å². The zero-order chi connectivity index (χ0) is 20.8. The fraction of sp³-hybridized carbons (Fsp3) is 0.450. The van der Waals surface area contributed by atoms with Crippen molar-refractivity contribution < 1.29 is 4.79 Å². The number of aromatic amines is 1. The summed E-state index contributed by atoms with van der Waals surface area (Å²) in [5.74, 6) is 0.0515. The third-order valence-electron chi connectivity index (χ3n) is 4.57. The molecule has 0 saturated heterocycles. The lowest BCUT2D eigenvalue weighted by Crippen LogP contribution is -2.39. The summed E-state index contributed by atoms with van der Waals surface area (Å²) in [6.07, 6.45) is 1.64. The van der Waals surface area contributed by atoms with Crippen LogP contribution in [0.5, 0.6) is 0 Å². The molecule has 0 aliphatic carbocycles. The minimum atomic E-state index is -0.604. The maximum absolute atomic E-state index is 12.5.